The molecule has 0 aliphatic heterocycles. The van der Waals surface area contributed by atoms with Crippen molar-refractivity contribution in [2.24, 2.45) is 0 Å². The molecule has 2 rings (SSSR count). The minimum absolute atomic E-state index is 0.187. The molecule has 1 heterocycles. The molecule has 96 valence electrons. The lowest BCUT2D eigenvalue weighted by Crippen LogP contribution is -2.04. The fourth-order valence-corrected chi connectivity index (χ4v) is 2.10. The molecule has 0 atom stereocenters. The highest BCUT2D eigenvalue weighted by Gasteiger charge is 2.10. The van der Waals surface area contributed by atoms with Crippen molar-refractivity contribution in [2.45, 2.75) is 13.5 Å². The zero-order chi connectivity index (χ0) is 13.8. The molecule has 1 aromatic heterocycles. The van der Waals surface area contributed by atoms with Crippen molar-refractivity contribution in [3.63, 3.8) is 0 Å². The molecule has 3 nitrogen and oxygen atoms in total. The highest BCUT2D eigenvalue weighted by Crippen LogP contribution is 2.27. The molecule has 0 saturated heterocycles. The summed E-state index contributed by atoms with van der Waals surface area (Å²) < 4.78 is 14.2. The number of pyridine rings is 1. The van der Waals surface area contributed by atoms with Gasteiger partial charge in [-0.05, 0) is 52.2 Å². The molecule has 0 aliphatic carbocycles. The Morgan fingerprint density at radius 3 is 2.89 bits per heavy atom. The maximum Gasteiger partial charge on any atom is 0.161 e. The Bertz CT molecular complexity index is 650. The Labute approximate surface area is 119 Å². The van der Waals surface area contributed by atoms with Crippen LogP contribution in [0.1, 0.15) is 16.7 Å². The fourth-order valence-electron chi connectivity index (χ4n) is 1.66. The van der Waals surface area contributed by atoms with Crippen LogP contribution in [0, 0.1) is 24.1 Å². The molecule has 0 amide bonds. The van der Waals surface area contributed by atoms with Gasteiger partial charge in [-0.3, -0.25) is 4.98 Å². The van der Waals surface area contributed by atoms with E-state index in [0.29, 0.717) is 12.2 Å². The van der Waals surface area contributed by atoms with E-state index < -0.39 is 5.82 Å². The van der Waals surface area contributed by atoms with Crippen LogP contribution < -0.4 is 5.32 Å². The molecule has 0 fully saturated rings. The average Bonchev–Trinajstić information content (AvgIpc) is 2.42. The van der Waals surface area contributed by atoms with E-state index >= 15 is 0 Å². The van der Waals surface area contributed by atoms with Crippen LogP contribution in [0.5, 0.6) is 0 Å². The first-order chi connectivity index (χ1) is 9.13. The van der Waals surface area contributed by atoms with E-state index in [9.17, 15) is 4.39 Å². The second kappa shape index (κ2) is 5.81. The topological polar surface area (TPSA) is 48.7 Å². The minimum atomic E-state index is -0.453. The smallest absolute Gasteiger partial charge is 0.161 e. The van der Waals surface area contributed by atoms with Crippen LogP contribution in [-0.2, 0) is 6.54 Å². The standard InChI is InChI=1S/C14H11BrFN3/c1-9-7-18-5-4-11(9)8-19-12-3-2-10(6-17)13(15)14(12)16/h2-5,7,19H,8H2,1H3. The minimum Gasteiger partial charge on any atom is -0.379 e. The van der Waals surface area contributed by atoms with Gasteiger partial charge in [0, 0.05) is 18.9 Å². The van der Waals surface area contributed by atoms with Gasteiger partial charge >= 0.3 is 0 Å². The predicted molar refractivity (Wildman–Crippen MR) is 75.1 cm³/mol. The van der Waals surface area contributed by atoms with Crippen LogP contribution in [0.2, 0.25) is 0 Å². The summed E-state index contributed by atoms with van der Waals surface area (Å²) in [6.45, 7) is 2.46. The van der Waals surface area contributed by atoms with Gasteiger partial charge < -0.3 is 5.32 Å². The molecule has 0 bridgehead atoms. The Balaban J connectivity index is 2.20. The summed E-state index contributed by atoms with van der Waals surface area (Å²) in [5.74, 6) is -0.453. The van der Waals surface area contributed by atoms with Gasteiger partial charge in [-0.15, -0.1) is 0 Å². The van der Waals surface area contributed by atoms with Gasteiger partial charge in [-0.25, -0.2) is 4.39 Å². The van der Waals surface area contributed by atoms with E-state index in [2.05, 4.69) is 26.2 Å². The van der Waals surface area contributed by atoms with E-state index in [0.717, 1.165) is 11.1 Å². The van der Waals surface area contributed by atoms with Gasteiger partial charge in [0.05, 0.1) is 15.7 Å². The van der Waals surface area contributed by atoms with E-state index in [-0.39, 0.29) is 10.0 Å². The molecule has 0 unspecified atom stereocenters. The number of rotatable bonds is 3. The quantitative estimate of drug-likeness (QED) is 0.936. The summed E-state index contributed by atoms with van der Waals surface area (Å²) >= 11 is 3.08. The first-order valence-corrected chi connectivity index (χ1v) is 6.44. The van der Waals surface area contributed by atoms with Gasteiger partial charge in [0.25, 0.3) is 0 Å². The van der Waals surface area contributed by atoms with Gasteiger partial charge in [0.15, 0.2) is 5.82 Å². The molecule has 0 saturated carbocycles. The van der Waals surface area contributed by atoms with Crippen molar-refractivity contribution in [3.05, 3.63) is 57.6 Å². The third-order valence-corrected chi connectivity index (χ3v) is 3.58. The highest BCUT2D eigenvalue weighted by atomic mass is 79.9. The van der Waals surface area contributed by atoms with Crippen LogP contribution in [0.25, 0.3) is 0 Å². The van der Waals surface area contributed by atoms with Crippen LogP contribution in [-0.4, -0.2) is 4.98 Å². The Morgan fingerprint density at radius 1 is 1.42 bits per heavy atom. The molecule has 0 aliphatic rings. The molecule has 1 aromatic carbocycles. The summed E-state index contributed by atoms with van der Waals surface area (Å²) in [6, 6.07) is 6.95. The third-order valence-electron chi connectivity index (χ3n) is 2.81. The Morgan fingerprint density at radius 2 is 2.21 bits per heavy atom. The number of aryl methyl sites for hydroxylation is 1. The maximum atomic E-state index is 14.0. The van der Waals surface area contributed by atoms with Crippen LogP contribution in [0.15, 0.2) is 35.1 Å². The molecule has 5 heteroatoms. The zero-order valence-corrected chi connectivity index (χ0v) is 11.8. The fraction of sp³-hybridized carbons (Fsp3) is 0.143. The lowest BCUT2D eigenvalue weighted by atomic mass is 10.1. The average molecular weight is 320 g/mol. The number of nitriles is 1. The van der Waals surface area contributed by atoms with Gasteiger partial charge in [0.1, 0.15) is 6.07 Å². The maximum absolute atomic E-state index is 14.0. The molecule has 0 radical (unpaired) electrons. The monoisotopic (exact) mass is 319 g/mol. The first kappa shape index (κ1) is 13.5. The summed E-state index contributed by atoms with van der Waals surface area (Å²) in [7, 11) is 0. The van der Waals surface area contributed by atoms with Crippen molar-refractivity contribution in [1.29, 1.82) is 5.26 Å². The van der Waals surface area contributed by atoms with Crippen LogP contribution in [0.4, 0.5) is 10.1 Å². The van der Waals surface area contributed by atoms with E-state index in [1.54, 1.807) is 24.5 Å². The number of anilines is 1. The molecular weight excluding hydrogens is 309 g/mol. The van der Waals surface area contributed by atoms with Crippen LogP contribution in [0.3, 0.4) is 0 Å². The number of halogens is 2. The number of hydrogen-bond donors (Lipinski definition) is 1. The van der Waals surface area contributed by atoms with E-state index in [4.69, 9.17) is 5.26 Å². The second-order valence-corrected chi connectivity index (χ2v) is 4.85. The SMILES string of the molecule is Cc1cnccc1CNc1ccc(C#N)c(Br)c1F. The molecule has 0 spiro atoms. The van der Waals surface area contributed by atoms with Crippen molar-refractivity contribution < 1.29 is 4.39 Å². The van der Waals surface area contributed by atoms with Crippen molar-refractivity contribution in [3.8, 4) is 6.07 Å². The Hall–Kier alpha value is -1.93. The largest absolute Gasteiger partial charge is 0.379 e. The first-order valence-electron chi connectivity index (χ1n) is 5.65. The lowest BCUT2D eigenvalue weighted by Gasteiger charge is -2.10. The van der Waals surface area contributed by atoms with Crippen molar-refractivity contribution in [2.75, 3.05) is 5.32 Å². The van der Waals surface area contributed by atoms with Crippen molar-refractivity contribution >= 4 is 21.6 Å². The summed E-state index contributed by atoms with van der Waals surface area (Å²) in [4.78, 5) is 4.01. The third kappa shape index (κ3) is 2.91. The number of nitrogens with zero attached hydrogens (tertiary/aromatic N) is 2. The summed E-state index contributed by atoms with van der Waals surface area (Å²) in [6.07, 6.45) is 3.47. The zero-order valence-electron chi connectivity index (χ0n) is 10.2. The van der Waals surface area contributed by atoms with Gasteiger partial charge in [-0.1, -0.05) is 0 Å². The predicted octanol–water partition coefficient (Wildman–Crippen LogP) is 3.78. The van der Waals surface area contributed by atoms with Crippen LogP contribution >= 0.6 is 15.9 Å². The number of benzene rings is 1. The summed E-state index contributed by atoms with van der Waals surface area (Å²) in [5, 5.41) is 11.8. The lowest BCUT2D eigenvalue weighted by molar-refractivity contribution is 0.623. The molecular formula is C14H11BrFN3. The van der Waals surface area contributed by atoms with Gasteiger partial charge in [0.2, 0.25) is 0 Å². The second-order valence-electron chi connectivity index (χ2n) is 4.06. The Kier molecular flexibility index (Phi) is 4.13. The molecule has 1 N–H and O–H groups in total. The normalized spacial score (nSPS) is 10.0. The highest BCUT2D eigenvalue weighted by molar-refractivity contribution is 9.10. The number of nitrogens with one attached hydrogen (secondary N) is 1. The number of aromatic nitrogens is 1. The van der Waals surface area contributed by atoms with E-state index in [1.165, 1.54) is 0 Å². The molecule has 2 aromatic rings. The molecule has 19 heavy (non-hydrogen) atoms. The van der Waals surface area contributed by atoms with Crippen molar-refractivity contribution in [1.82, 2.24) is 4.98 Å². The van der Waals surface area contributed by atoms with Gasteiger partial charge in [-0.2, -0.15) is 5.26 Å². The number of hydrogen-bond acceptors (Lipinski definition) is 3. The van der Waals surface area contributed by atoms with E-state index in [1.807, 2.05) is 19.1 Å². The summed E-state index contributed by atoms with van der Waals surface area (Å²) in [5.41, 5.74) is 2.74.